The molecule has 2 aromatic heterocycles. The van der Waals surface area contributed by atoms with E-state index in [1.54, 1.807) is 30.7 Å². The monoisotopic (exact) mass is 461 g/mol. The lowest BCUT2D eigenvalue weighted by molar-refractivity contribution is 0.0954. The average molecular weight is 462 g/mol. The van der Waals surface area contributed by atoms with Crippen molar-refractivity contribution in [2.75, 3.05) is 11.3 Å². The highest BCUT2D eigenvalue weighted by molar-refractivity contribution is 7.93. The van der Waals surface area contributed by atoms with E-state index in [0.717, 1.165) is 17.0 Å². The predicted octanol–water partition coefficient (Wildman–Crippen LogP) is 3.45. The fourth-order valence-corrected chi connectivity index (χ4v) is 5.00. The molecule has 3 N–H and O–H groups in total. The molecule has 1 amide bonds. The Morgan fingerprint density at radius 3 is 2.70 bits per heavy atom. The van der Waals surface area contributed by atoms with Crippen molar-refractivity contribution in [3.8, 4) is 0 Å². The van der Waals surface area contributed by atoms with Crippen LogP contribution in [0, 0.1) is 0 Å². The lowest BCUT2D eigenvalue weighted by Crippen LogP contribution is -2.25. The summed E-state index contributed by atoms with van der Waals surface area (Å²) in [5.74, 6) is -0.215. The van der Waals surface area contributed by atoms with Crippen molar-refractivity contribution >= 4 is 54.2 Å². The second-order valence-electron chi connectivity index (χ2n) is 6.34. The first-order chi connectivity index (χ1) is 14.4. The lowest BCUT2D eigenvalue weighted by atomic mass is 10.2. The number of hydrogen-bond acceptors (Lipinski definition) is 6. The molecule has 0 saturated carbocycles. The number of hydrogen-bond donors (Lipinski definition) is 3. The molecule has 2 heterocycles. The van der Waals surface area contributed by atoms with Gasteiger partial charge in [0, 0.05) is 35.4 Å². The van der Waals surface area contributed by atoms with E-state index in [1.165, 1.54) is 24.3 Å². The highest BCUT2D eigenvalue weighted by Crippen LogP contribution is 2.28. The number of nitrogens with zero attached hydrogens (tertiary/aromatic N) is 2. The van der Waals surface area contributed by atoms with E-state index in [0.29, 0.717) is 33.8 Å². The van der Waals surface area contributed by atoms with Crippen molar-refractivity contribution in [1.29, 1.82) is 0 Å². The standard InChI is InChI=1S/C19H16ClN5O3S2/c20-13-2-4-15(5-3-13)30(27,28)25-19-24-16-6-1-12(9-17(16)29-19)18(26)22-8-7-14-10-21-11-23-14/h1-6,9-11H,7-8H2,(H,21,23)(H,22,26)(H,24,25). The van der Waals surface area contributed by atoms with E-state index in [9.17, 15) is 13.2 Å². The number of fused-ring (bicyclic) bond motifs is 1. The van der Waals surface area contributed by atoms with E-state index in [1.807, 2.05) is 0 Å². The van der Waals surface area contributed by atoms with Gasteiger partial charge in [-0.2, -0.15) is 0 Å². The number of halogens is 1. The number of carbonyl (C=O) groups is 1. The quantitative estimate of drug-likeness (QED) is 0.389. The Bertz CT molecular complexity index is 1290. The molecule has 0 fully saturated rings. The molecule has 8 nitrogen and oxygen atoms in total. The molecule has 0 radical (unpaired) electrons. The van der Waals surface area contributed by atoms with Gasteiger partial charge in [-0.25, -0.2) is 18.4 Å². The summed E-state index contributed by atoms with van der Waals surface area (Å²) in [6, 6.07) is 10.9. The average Bonchev–Trinajstić information content (AvgIpc) is 3.36. The fraction of sp³-hybridized carbons (Fsp3) is 0.105. The number of carbonyl (C=O) groups excluding carboxylic acids is 1. The van der Waals surface area contributed by atoms with E-state index in [-0.39, 0.29) is 15.9 Å². The van der Waals surface area contributed by atoms with Crippen molar-refractivity contribution < 1.29 is 13.2 Å². The Kier molecular flexibility index (Phi) is 5.71. The lowest BCUT2D eigenvalue weighted by Gasteiger charge is -2.04. The number of benzene rings is 2. The highest BCUT2D eigenvalue weighted by Gasteiger charge is 2.17. The van der Waals surface area contributed by atoms with Crippen molar-refractivity contribution in [1.82, 2.24) is 20.3 Å². The van der Waals surface area contributed by atoms with Crippen LogP contribution in [0.3, 0.4) is 0 Å². The maximum atomic E-state index is 12.5. The van der Waals surface area contributed by atoms with Gasteiger partial charge in [-0.05, 0) is 42.5 Å². The van der Waals surface area contributed by atoms with Crippen molar-refractivity contribution in [2.45, 2.75) is 11.3 Å². The van der Waals surface area contributed by atoms with Crippen LogP contribution in [-0.2, 0) is 16.4 Å². The first-order valence-electron chi connectivity index (χ1n) is 8.85. The molecule has 0 aliphatic rings. The van der Waals surface area contributed by atoms with Gasteiger partial charge in [0.15, 0.2) is 5.13 Å². The van der Waals surface area contributed by atoms with E-state index in [2.05, 4.69) is 25.0 Å². The summed E-state index contributed by atoms with van der Waals surface area (Å²) in [7, 11) is -3.79. The number of sulfonamides is 1. The second-order valence-corrected chi connectivity index (χ2v) is 9.49. The van der Waals surface area contributed by atoms with Crippen molar-refractivity contribution in [3.05, 3.63) is 71.3 Å². The van der Waals surface area contributed by atoms with Crippen LogP contribution >= 0.6 is 22.9 Å². The molecule has 154 valence electrons. The Labute approximate surface area is 181 Å². The third-order valence-electron chi connectivity index (χ3n) is 4.23. The van der Waals surface area contributed by atoms with Gasteiger partial charge >= 0.3 is 0 Å². The predicted molar refractivity (Wildman–Crippen MR) is 117 cm³/mol. The van der Waals surface area contributed by atoms with Crippen molar-refractivity contribution in [3.63, 3.8) is 0 Å². The maximum Gasteiger partial charge on any atom is 0.263 e. The van der Waals surface area contributed by atoms with Gasteiger partial charge in [0.05, 0.1) is 21.4 Å². The minimum absolute atomic E-state index is 0.0866. The number of anilines is 1. The first-order valence-corrected chi connectivity index (χ1v) is 11.5. The van der Waals surface area contributed by atoms with Gasteiger partial charge in [-0.15, -0.1) is 0 Å². The number of amides is 1. The SMILES string of the molecule is O=C(NCCc1cnc[nH]1)c1ccc2nc(NS(=O)(=O)c3ccc(Cl)cc3)sc2c1. The molecule has 4 rings (SSSR count). The minimum Gasteiger partial charge on any atom is -0.352 e. The van der Waals surface area contributed by atoms with Crippen LogP contribution in [0.25, 0.3) is 10.2 Å². The zero-order valence-electron chi connectivity index (χ0n) is 15.4. The van der Waals surface area contributed by atoms with Crippen LogP contribution in [0.5, 0.6) is 0 Å². The van der Waals surface area contributed by atoms with Gasteiger partial charge in [-0.1, -0.05) is 22.9 Å². The summed E-state index contributed by atoms with van der Waals surface area (Å²) in [5, 5.41) is 3.52. The summed E-state index contributed by atoms with van der Waals surface area (Å²) < 4.78 is 28.2. The van der Waals surface area contributed by atoms with Gasteiger partial charge in [0.2, 0.25) is 0 Å². The molecule has 2 aromatic carbocycles. The summed E-state index contributed by atoms with van der Waals surface area (Å²) >= 11 is 6.97. The van der Waals surface area contributed by atoms with Gasteiger partial charge in [0.1, 0.15) is 0 Å². The van der Waals surface area contributed by atoms with Crippen LogP contribution in [-0.4, -0.2) is 35.8 Å². The highest BCUT2D eigenvalue weighted by atomic mass is 35.5. The number of aromatic amines is 1. The van der Waals surface area contributed by atoms with Crippen LogP contribution in [0.4, 0.5) is 5.13 Å². The molecule has 0 aliphatic heterocycles. The van der Waals surface area contributed by atoms with Crippen LogP contribution in [0.15, 0.2) is 59.9 Å². The number of nitrogens with one attached hydrogen (secondary N) is 3. The Morgan fingerprint density at radius 2 is 1.97 bits per heavy atom. The molecular weight excluding hydrogens is 446 g/mol. The van der Waals surface area contributed by atoms with E-state index in [4.69, 9.17) is 11.6 Å². The summed E-state index contributed by atoms with van der Waals surface area (Å²) in [5.41, 5.74) is 2.01. The smallest absolute Gasteiger partial charge is 0.263 e. The topological polar surface area (TPSA) is 117 Å². The second kappa shape index (κ2) is 8.42. The number of imidazole rings is 1. The van der Waals surface area contributed by atoms with E-state index >= 15 is 0 Å². The largest absolute Gasteiger partial charge is 0.352 e. The molecule has 0 saturated heterocycles. The van der Waals surface area contributed by atoms with Gasteiger partial charge in [0.25, 0.3) is 15.9 Å². The Balaban J connectivity index is 1.46. The van der Waals surface area contributed by atoms with Crippen LogP contribution in [0.1, 0.15) is 16.1 Å². The molecule has 4 aromatic rings. The fourth-order valence-electron chi connectivity index (χ4n) is 2.73. The molecule has 0 aliphatic carbocycles. The number of thiazole rings is 1. The summed E-state index contributed by atoms with van der Waals surface area (Å²) in [4.78, 5) is 23.7. The number of H-pyrrole nitrogens is 1. The molecule has 30 heavy (non-hydrogen) atoms. The molecule has 0 unspecified atom stereocenters. The molecule has 0 spiro atoms. The van der Waals surface area contributed by atoms with Crippen molar-refractivity contribution in [2.24, 2.45) is 0 Å². The Morgan fingerprint density at radius 1 is 1.17 bits per heavy atom. The zero-order valence-corrected chi connectivity index (χ0v) is 17.8. The van der Waals surface area contributed by atoms with Crippen LogP contribution in [0.2, 0.25) is 5.02 Å². The normalized spacial score (nSPS) is 11.5. The molecular formula is C19H16ClN5O3S2. The van der Waals surface area contributed by atoms with Gasteiger partial charge in [-0.3, -0.25) is 9.52 Å². The molecule has 0 atom stereocenters. The minimum atomic E-state index is -3.79. The summed E-state index contributed by atoms with van der Waals surface area (Å²) in [6.07, 6.45) is 3.95. The molecule has 11 heteroatoms. The molecule has 0 bridgehead atoms. The Hall–Kier alpha value is -2.95. The third-order valence-corrected chi connectivity index (χ3v) is 6.90. The van der Waals surface area contributed by atoms with Gasteiger partial charge < -0.3 is 10.3 Å². The summed E-state index contributed by atoms with van der Waals surface area (Å²) in [6.45, 7) is 0.466. The maximum absolute atomic E-state index is 12.5. The number of rotatable bonds is 7. The first kappa shape index (κ1) is 20.3. The number of aromatic nitrogens is 3. The zero-order chi connectivity index (χ0) is 21.1. The van der Waals surface area contributed by atoms with Crippen LogP contribution < -0.4 is 10.0 Å². The van der Waals surface area contributed by atoms with E-state index < -0.39 is 10.0 Å². The third kappa shape index (κ3) is 4.61.